The molecule has 2 aromatic heterocycles. The Morgan fingerprint density at radius 2 is 2.12 bits per heavy atom. The van der Waals surface area contributed by atoms with Crippen molar-refractivity contribution in [2.24, 2.45) is 18.4 Å². The quantitative estimate of drug-likeness (QED) is 0.794. The molecular formula is C21H22N4O. The first-order valence-electron chi connectivity index (χ1n) is 8.95. The highest BCUT2D eigenvalue weighted by Gasteiger charge is 2.55. The van der Waals surface area contributed by atoms with Crippen LogP contribution in [0.4, 0.5) is 0 Å². The molecule has 0 fully saturated rings. The van der Waals surface area contributed by atoms with E-state index >= 15 is 0 Å². The third-order valence-electron chi connectivity index (χ3n) is 6.26. The smallest absolute Gasteiger partial charge is 0.178 e. The summed E-state index contributed by atoms with van der Waals surface area (Å²) in [4.78, 5) is 17.0. The Morgan fingerprint density at radius 3 is 2.77 bits per heavy atom. The standard InChI is InChI=1S/C21H22N4O/c1-20(2)16-8-7-15-17(13-6-5-9-23-12-13)25(4)24-18(15)21(16,3)10-14(11-22)19(20)26/h5-6,9-10,12,16H,7-8H2,1-4H3/t16-,21-/m0/s1. The van der Waals surface area contributed by atoms with Gasteiger partial charge in [-0.05, 0) is 30.9 Å². The van der Waals surface area contributed by atoms with Gasteiger partial charge in [0.15, 0.2) is 5.78 Å². The zero-order chi connectivity index (χ0) is 18.7. The Morgan fingerprint density at radius 1 is 1.35 bits per heavy atom. The summed E-state index contributed by atoms with van der Waals surface area (Å²) < 4.78 is 1.92. The predicted molar refractivity (Wildman–Crippen MR) is 98.1 cm³/mol. The van der Waals surface area contributed by atoms with Gasteiger partial charge in [0.25, 0.3) is 0 Å². The van der Waals surface area contributed by atoms with E-state index in [1.807, 2.05) is 50.0 Å². The van der Waals surface area contributed by atoms with Gasteiger partial charge >= 0.3 is 0 Å². The van der Waals surface area contributed by atoms with Crippen LogP contribution in [0.2, 0.25) is 0 Å². The molecule has 0 bridgehead atoms. The van der Waals surface area contributed by atoms with Crippen LogP contribution in [0, 0.1) is 22.7 Å². The molecular weight excluding hydrogens is 324 g/mol. The molecule has 132 valence electrons. The normalized spacial score (nSPS) is 26.5. The lowest BCUT2D eigenvalue weighted by Gasteiger charge is -2.49. The number of nitrogens with zero attached hydrogens (tertiary/aromatic N) is 4. The topological polar surface area (TPSA) is 71.6 Å². The van der Waals surface area contributed by atoms with E-state index < -0.39 is 10.8 Å². The van der Waals surface area contributed by atoms with Gasteiger partial charge in [-0.25, -0.2) is 0 Å². The van der Waals surface area contributed by atoms with Gasteiger partial charge in [0.2, 0.25) is 0 Å². The number of ketones is 1. The summed E-state index contributed by atoms with van der Waals surface area (Å²) in [5.41, 5.74) is 3.58. The molecule has 0 saturated carbocycles. The van der Waals surface area contributed by atoms with E-state index in [2.05, 4.69) is 18.0 Å². The first kappa shape index (κ1) is 16.7. The number of pyridine rings is 1. The lowest BCUT2D eigenvalue weighted by molar-refractivity contribution is -0.128. The van der Waals surface area contributed by atoms with Crippen molar-refractivity contribution in [1.82, 2.24) is 14.8 Å². The van der Waals surface area contributed by atoms with Gasteiger partial charge in [-0.1, -0.05) is 26.8 Å². The van der Waals surface area contributed by atoms with E-state index in [0.717, 1.165) is 29.8 Å². The fourth-order valence-electron chi connectivity index (χ4n) is 5.09. The molecule has 0 aromatic carbocycles. The van der Waals surface area contributed by atoms with Crippen molar-refractivity contribution in [1.29, 1.82) is 5.26 Å². The number of aromatic nitrogens is 3. The van der Waals surface area contributed by atoms with Crippen molar-refractivity contribution in [3.8, 4) is 17.3 Å². The molecule has 0 spiro atoms. The van der Waals surface area contributed by atoms with E-state index in [1.54, 1.807) is 6.20 Å². The van der Waals surface area contributed by atoms with E-state index in [0.29, 0.717) is 0 Å². The lowest BCUT2D eigenvalue weighted by Crippen LogP contribution is -2.51. The number of hydrogen-bond acceptors (Lipinski definition) is 4. The van der Waals surface area contributed by atoms with Crippen LogP contribution in [0.25, 0.3) is 11.3 Å². The molecule has 2 aliphatic carbocycles. The second-order valence-corrected chi connectivity index (χ2v) is 8.14. The number of fused-ring (bicyclic) bond motifs is 3. The van der Waals surface area contributed by atoms with Crippen LogP contribution in [0.15, 0.2) is 36.2 Å². The maximum atomic E-state index is 12.8. The van der Waals surface area contributed by atoms with E-state index in [-0.39, 0.29) is 17.3 Å². The summed E-state index contributed by atoms with van der Waals surface area (Å²) in [6, 6.07) is 6.09. The van der Waals surface area contributed by atoms with Gasteiger partial charge in [0, 0.05) is 41.4 Å². The zero-order valence-electron chi connectivity index (χ0n) is 15.6. The summed E-state index contributed by atoms with van der Waals surface area (Å²) in [5, 5.41) is 14.4. The largest absolute Gasteiger partial charge is 0.293 e. The van der Waals surface area contributed by atoms with Crippen LogP contribution < -0.4 is 0 Å². The Hall–Kier alpha value is -2.74. The second kappa shape index (κ2) is 5.38. The summed E-state index contributed by atoms with van der Waals surface area (Å²) in [6.07, 6.45) is 7.26. The van der Waals surface area contributed by atoms with Crippen LogP contribution in [0.3, 0.4) is 0 Å². The minimum Gasteiger partial charge on any atom is -0.293 e. The average molecular weight is 346 g/mol. The number of hydrogen-bond donors (Lipinski definition) is 0. The van der Waals surface area contributed by atoms with Gasteiger partial charge in [0.05, 0.1) is 17.0 Å². The molecule has 0 amide bonds. The predicted octanol–water partition coefficient (Wildman–Crippen LogP) is 3.36. The number of aryl methyl sites for hydroxylation is 1. The number of carbonyl (C=O) groups excluding carboxylic acids is 1. The highest BCUT2D eigenvalue weighted by Crippen LogP contribution is 2.55. The van der Waals surface area contributed by atoms with Crippen molar-refractivity contribution >= 4 is 5.78 Å². The number of Topliss-reactive ketones (excluding diaryl/α,β-unsaturated/α-hetero) is 1. The molecule has 0 N–H and O–H groups in total. The van der Waals surface area contributed by atoms with Crippen LogP contribution in [-0.2, 0) is 23.7 Å². The van der Waals surface area contributed by atoms with Crippen LogP contribution in [0.5, 0.6) is 0 Å². The molecule has 26 heavy (non-hydrogen) atoms. The first-order valence-corrected chi connectivity index (χ1v) is 8.95. The zero-order valence-corrected chi connectivity index (χ0v) is 15.6. The van der Waals surface area contributed by atoms with Gasteiger partial charge < -0.3 is 0 Å². The monoisotopic (exact) mass is 346 g/mol. The summed E-state index contributed by atoms with van der Waals surface area (Å²) in [6.45, 7) is 6.07. The van der Waals surface area contributed by atoms with Crippen LogP contribution in [0.1, 0.15) is 38.4 Å². The maximum Gasteiger partial charge on any atom is 0.178 e. The minimum absolute atomic E-state index is 0.0469. The van der Waals surface area contributed by atoms with Crippen molar-refractivity contribution in [2.75, 3.05) is 0 Å². The van der Waals surface area contributed by atoms with Crippen molar-refractivity contribution < 1.29 is 4.79 Å². The van der Waals surface area contributed by atoms with Crippen LogP contribution in [-0.4, -0.2) is 20.5 Å². The molecule has 4 rings (SSSR count). The highest BCUT2D eigenvalue weighted by atomic mass is 16.1. The second-order valence-electron chi connectivity index (χ2n) is 8.14. The summed E-state index contributed by atoms with van der Waals surface area (Å²) in [5.74, 6) is 0.0816. The van der Waals surface area contributed by atoms with E-state index in [1.165, 1.54) is 5.56 Å². The fourth-order valence-corrected chi connectivity index (χ4v) is 5.09. The molecule has 0 unspecified atom stereocenters. The average Bonchev–Trinajstić information content (AvgIpc) is 2.96. The number of allylic oxidation sites excluding steroid dienone is 2. The fraction of sp³-hybridized carbons (Fsp3) is 0.429. The van der Waals surface area contributed by atoms with Gasteiger partial charge in [-0.3, -0.25) is 14.5 Å². The van der Waals surface area contributed by atoms with E-state index in [4.69, 9.17) is 5.10 Å². The van der Waals surface area contributed by atoms with Gasteiger partial charge in [-0.15, -0.1) is 0 Å². The van der Waals surface area contributed by atoms with Crippen LogP contribution >= 0.6 is 0 Å². The Bertz CT molecular complexity index is 977. The van der Waals surface area contributed by atoms with E-state index in [9.17, 15) is 10.1 Å². The summed E-state index contributed by atoms with van der Waals surface area (Å²) >= 11 is 0. The molecule has 5 nitrogen and oxygen atoms in total. The lowest BCUT2D eigenvalue weighted by atomic mass is 9.52. The number of nitriles is 1. The molecule has 2 aromatic rings. The number of rotatable bonds is 1. The van der Waals surface area contributed by atoms with Crippen molar-refractivity contribution in [2.45, 2.75) is 39.0 Å². The highest BCUT2D eigenvalue weighted by molar-refractivity contribution is 6.04. The minimum atomic E-state index is -0.571. The SMILES string of the molecule is Cn1nc2c(c1-c1cccnc1)CC[C@H]1C(C)(C)C(=O)C(C#N)=C[C@]21C. The Balaban J connectivity index is 1.97. The molecule has 2 atom stereocenters. The van der Waals surface area contributed by atoms with Crippen molar-refractivity contribution in [3.05, 3.63) is 47.4 Å². The van der Waals surface area contributed by atoms with Crippen molar-refractivity contribution in [3.63, 3.8) is 0 Å². The van der Waals surface area contributed by atoms with Gasteiger partial charge in [-0.2, -0.15) is 10.4 Å². The maximum absolute atomic E-state index is 12.8. The Kier molecular flexibility index (Phi) is 3.46. The molecule has 5 heteroatoms. The summed E-state index contributed by atoms with van der Waals surface area (Å²) in [7, 11) is 1.95. The molecule has 2 heterocycles. The van der Waals surface area contributed by atoms with Gasteiger partial charge in [0.1, 0.15) is 6.07 Å². The molecule has 0 radical (unpaired) electrons. The molecule has 2 aliphatic rings. The first-order chi connectivity index (χ1) is 12.3. The Labute approximate surface area is 153 Å². The molecule has 0 aliphatic heterocycles. The molecule has 0 saturated heterocycles. The number of carbonyl (C=O) groups is 1. The third-order valence-corrected chi connectivity index (χ3v) is 6.26. The third kappa shape index (κ3) is 2.05.